The molecule has 0 aromatic heterocycles. The first-order valence-corrected chi connectivity index (χ1v) is 11.7. The van der Waals surface area contributed by atoms with E-state index in [4.69, 9.17) is 0 Å². The van der Waals surface area contributed by atoms with Crippen molar-refractivity contribution >= 4 is 29.6 Å². The smallest absolute Gasteiger partial charge is 0.271 e. The largest absolute Gasteiger partial charge is 0.372 e. The molecular weight excluding hydrogens is 402 g/mol. The highest BCUT2D eigenvalue weighted by atomic mass is 32.2. The summed E-state index contributed by atoms with van der Waals surface area (Å²) in [6.45, 7) is 6.24. The lowest BCUT2D eigenvalue weighted by molar-refractivity contribution is 0.0955. The second-order valence-electron chi connectivity index (χ2n) is 7.14. The zero-order valence-electron chi connectivity index (χ0n) is 18.1. The van der Waals surface area contributed by atoms with E-state index < -0.39 is 0 Å². The van der Waals surface area contributed by atoms with Crippen molar-refractivity contribution in [3.05, 3.63) is 101 Å². The lowest BCUT2D eigenvalue weighted by Crippen LogP contribution is -2.21. The van der Waals surface area contributed by atoms with E-state index >= 15 is 0 Å². The zero-order chi connectivity index (χ0) is 21.9. The van der Waals surface area contributed by atoms with Crippen molar-refractivity contribution in [2.75, 3.05) is 18.0 Å². The molecule has 0 bridgehead atoms. The number of nitrogens with zero attached hydrogens (tertiary/aromatic N) is 2. The Hall–Kier alpha value is -3.05. The Morgan fingerprint density at radius 2 is 1.48 bits per heavy atom. The molecule has 3 aromatic rings. The van der Waals surface area contributed by atoms with E-state index in [1.165, 1.54) is 16.8 Å². The molecule has 0 unspecified atom stereocenters. The van der Waals surface area contributed by atoms with E-state index in [-0.39, 0.29) is 5.91 Å². The lowest BCUT2D eigenvalue weighted by Gasteiger charge is -2.20. The number of rotatable bonds is 10. The molecule has 31 heavy (non-hydrogen) atoms. The number of anilines is 1. The van der Waals surface area contributed by atoms with Crippen LogP contribution in [0.5, 0.6) is 0 Å². The van der Waals surface area contributed by atoms with Crippen molar-refractivity contribution in [3.8, 4) is 0 Å². The fourth-order valence-corrected chi connectivity index (χ4v) is 4.16. The van der Waals surface area contributed by atoms with Gasteiger partial charge >= 0.3 is 0 Å². The number of thioether (sulfide) groups is 1. The van der Waals surface area contributed by atoms with Gasteiger partial charge in [-0.2, -0.15) is 16.9 Å². The third-order valence-electron chi connectivity index (χ3n) is 5.00. The molecule has 0 aliphatic carbocycles. The number of nitrogens with one attached hydrogen (secondary N) is 1. The summed E-state index contributed by atoms with van der Waals surface area (Å²) in [7, 11) is 0. The van der Waals surface area contributed by atoms with Crippen LogP contribution in [-0.4, -0.2) is 25.2 Å². The Morgan fingerprint density at radius 3 is 2.10 bits per heavy atom. The Labute approximate surface area is 189 Å². The van der Waals surface area contributed by atoms with Crippen LogP contribution in [0.2, 0.25) is 0 Å². The lowest BCUT2D eigenvalue weighted by atomic mass is 10.1. The van der Waals surface area contributed by atoms with E-state index in [1.807, 2.05) is 54.2 Å². The van der Waals surface area contributed by atoms with Gasteiger partial charge in [-0.1, -0.05) is 54.6 Å². The highest BCUT2D eigenvalue weighted by Gasteiger charge is 2.05. The van der Waals surface area contributed by atoms with Crippen molar-refractivity contribution in [1.29, 1.82) is 0 Å². The van der Waals surface area contributed by atoms with Crippen molar-refractivity contribution in [1.82, 2.24) is 5.43 Å². The molecule has 0 atom stereocenters. The summed E-state index contributed by atoms with van der Waals surface area (Å²) in [6.07, 6.45) is 1.67. The van der Waals surface area contributed by atoms with Crippen molar-refractivity contribution in [2.45, 2.75) is 25.4 Å². The molecule has 1 N–H and O–H groups in total. The second kappa shape index (κ2) is 12.0. The van der Waals surface area contributed by atoms with E-state index in [0.717, 1.165) is 30.2 Å². The molecule has 160 valence electrons. The number of carbonyl (C=O) groups excluding carboxylic acids is 1. The molecule has 5 heteroatoms. The molecule has 0 radical (unpaired) electrons. The molecule has 0 saturated carbocycles. The summed E-state index contributed by atoms with van der Waals surface area (Å²) in [6, 6.07) is 26.3. The summed E-state index contributed by atoms with van der Waals surface area (Å²) >= 11 is 1.86. The van der Waals surface area contributed by atoms with E-state index in [2.05, 4.69) is 65.7 Å². The van der Waals surface area contributed by atoms with Crippen molar-refractivity contribution in [2.24, 2.45) is 5.10 Å². The van der Waals surface area contributed by atoms with Crippen LogP contribution in [0.1, 0.15) is 40.9 Å². The molecule has 3 aromatic carbocycles. The van der Waals surface area contributed by atoms with Crippen LogP contribution in [-0.2, 0) is 11.5 Å². The van der Waals surface area contributed by atoms with Crippen molar-refractivity contribution < 1.29 is 4.79 Å². The molecule has 0 saturated heterocycles. The van der Waals surface area contributed by atoms with Crippen LogP contribution in [0.3, 0.4) is 0 Å². The minimum absolute atomic E-state index is 0.209. The molecule has 0 aliphatic rings. The van der Waals surface area contributed by atoms with Crippen LogP contribution in [0.4, 0.5) is 5.69 Å². The highest BCUT2D eigenvalue weighted by molar-refractivity contribution is 7.97. The third-order valence-corrected chi connectivity index (χ3v) is 6.07. The summed E-state index contributed by atoms with van der Waals surface area (Å²) in [5.41, 5.74) is 7.87. The summed E-state index contributed by atoms with van der Waals surface area (Å²) in [4.78, 5) is 14.6. The summed E-state index contributed by atoms with van der Waals surface area (Å²) < 4.78 is 0. The fourth-order valence-electron chi connectivity index (χ4n) is 3.20. The van der Waals surface area contributed by atoms with Gasteiger partial charge in [-0.3, -0.25) is 4.79 Å². The number of hydrogen-bond acceptors (Lipinski definition) is 4. The Balaban J connectivity index is 1.46. The van der Waals surface area contributed by atoms with Gasteiger partial charge in [0.05, 0.1) is 6.21 Å². The topological polar surface area (TPSA) is 44.7 Å². The predicted molar refractivity (Wildman–Crippen MR) is 133 cm³/mol. The van der Waals surface area contributed by atoms with E-state index in [0.29, 0.717) is 5.56 Å². The Kier molecular flexibility index (Phi) is 8.73. The Bertz CT molecular complexity index is 966. The fraction of sp³-hybridized carbons (Fsp3) is 0.231. The maximum atomic E-state index is 12.3. The van der Waals surface area contributed by atoms with Crippen LogP contribution < -0.4 is 10.3 Å². The van der Waals surface area contributed by atoms with Gasteiger partial charge < -0.3 is 4.90 Å². The summed E-state index contributed by atoms with van der Waals surface area (Å²) in [5, 5.41) is 4.10. The van der Waals surface area contributed by atoms with Gasteiger partial charge in [0.2, 0.25) is 0 Å². The molecule has 0 heterocycles. The normalized spacial score (nSPS) is 10.9. The van der Waals surface area contributed by atoms with Crippen molar-refractivity contribution in [3.63, 3.8) is 0 Å². The molecule has 1 amide bonds. The van der Waals surface area contributed by atoms with Crippen LogP contribution in [0.15, 0.2) is 84.0 Å². The van der Waals surface area contributed by atoms with Gasteiger partial charge in [0, 0.05) is 35.8 Å². The maximum Gasteiger partial charge on any atom is 0.271 e. The van der Waals surface area contributed by atoms with Gasteiger partial charge in [-0.05, 0) is 54.8 Å². The maximum absolute atomic E-state index is 12.3. The number of hydrazone groups is 1. The van der Waals surface area contributed by atoms with Crippen LogP contribution >= 0.6 is 11.8 Å². The van der Waals surface area contributed by atoms with Gasteiger partial charge in [0.1, 0.15) is 0 Å². The SMILES string of the molecule is CCN(CC)c1ccc(/C=N\NC(=O)c2ccc(CSCc3ccccc3)cc2)cc1. The average molecular weight is 432 g/mol. The van der Waals surface area contributed by atoms with Crippen LogP contribution in [0, 0.1) is 0 Å². The molecule has 0 fully saturated rings. The van der Waals surface area contributed by atoms with E-state index in [1.54, 1.807) is 6.21 Å². The van der Waals surface area contributed by atoms with Gasteiger partial charge in [0.25, 0.3) is 5.91 Å². The first-order valence-electron chi connectivity index (χ1n) is 10.6. The first kappa shape index (κ1) is 22.6. The van der Waals surface area contributed by atoms with Gasteiger partial charge in [-0.15, -0.1) is 0 Å². The predicted octanol–water partition coefficient (Wildman–Crippen LogP) is 5.73. The van der Waals surface area contributed by atoms with Gasteiger partial charge in [0.15, 0.2) is 0 Å². The zero-order valence-corrected chi connectivity index (χ0v) is 18.9. The number of hydrogen-bond donors (Lipinski definition) is 1. The minimum Gasteiger partial charge on any atom is -0.372 e. The van der Waals surface area contributed by atoms with E-state index in [9.17, 15) is 4.79 Å². The van der Waals surface area contributed by atoms with Gasteiger partial charge in [-0.25, -0.2) is 5.43 Å². The number of benzene rings is 3. The number of carbonyl (C=O) groups is 1. The summed E-state index contributed by atoms with van der Waals surface area (Å²) in [5.74, 6) is 1.69. The Morgan fingerprint density at radius 1 is 0.871 bits per heavy atom. The molecule has 0 aliphatic heterocycles. The molecule has 0 spiro atoms. The quantitative estimate of drug-likeness (QED) is 0.329. The monoisotopic (exact) mass is 431 g/mol. The molecule has 3 rings (SSSR count). The highest BCUT2D eigenvalue weighted by Crippen LogP contribution is 2.18. The molecule has 4 nitrogen and oxygen atoms in total. The standard InChI is InChI=1S/C26H29N3OS/c1-3-29(4-2)25-16-12-21(13-17-25)18-27-28-26(30)24-14-10-23(11-15-24)20-31-19-22-8-6-5-7-9-22/h5-18H,3-4,19-20H2,1-2H3,(H,28,30)/b27-18-. The van der Waals surface area contributed by atoms with Crippen LogP contribution in [0.25, 0.3) is 0 Å². The second-order valence-corrected chi connectivity index (χ2v) is 8.12. The average Bonchev–Trinajstić information content (AvgIpc) is 2.82. The first-order chi connectivity index (χ1) is 15.2. The number of amides is 1. The molecular formula is C26H29N3OS. The minimum atomic E-state index is -0.209. The third kappa shape index (κ3) is 7.00.